The topological polar surface area (TPSA) is 34.1 Å². The predicted octanol–water partition coefficient (Wildman–Crippen LogP) is 4.68. The molecule has 106 valence electrons. The van der Waals surface area contributed by atoms with E-state index in [1.807, 2.05) is 12.1 Å². The van der Waals surface area contributed by atoms with Gasteiger partial charge in [0, 0.05) is 23.8 Å². The molecule has 3 nitrogen and oxygen atoms in total. The molecule has 0 saturated heterocycles. The van der Waals surface area contributed by atoms with Crippen molar-refractivity contribution >= 4 is 23.2 Å². The molecule has 0 aliphatic rings. The van der Waals surface area contributed by atoms with Crippen LogP contribution in [0.25, 0.3) is 0 Å². The van der Waals surface area contributed by atoms with E-state index in [4.69, 9.17) is 27.9 Å². The van der Waals surface area contributed by atoms with Crippen LogP contribution in [-0.2, 0) is 6.54 Å². The number of nitrogens with zero attached hydrogens (tertiary/aromatic N) is 1. The van der Waals surface area contributed by atoms with E-state index >= 15 is 0 Å². The Labute approximate surface area is 128 Å². The van der Waals surface area contributed by atoms with Crippen molar-refractivity contribution in [2.24, 2.45) is 0 Å². The molecule has 0 radical (unpaired) electrons. The van der Waals surface area contributed by atoms with Crippen molar-refractivity contribution in [3.8, 4) is 11.5 Å². The molecule has 1 heterocycles. The van der Waals surface area contributed by atoms with Crippen LogP contribution in [0, 0.1) is 0 Å². The van der Waals surface area contributed by atoms with Crippen LogP contribution in [0.1, 0.15) is 18.9 Å². The van der Waals surface area contributed by atoms with Gasteiger partial charge in [-0.1, -0.05) is 36.2 Å². The van der Waals surface area contributed by atoms with Crippen LogP contribution in [0.3, 0.4) is 0 Å². The van der Waals surface area contributed by atoms with Crippen molar-refractivity contribution in [3.63, 3.8) is 0 Å². The quantitative estimate of drug-likeness (QED) is 0.787. The molecule has 1 aromatic heterocycles. The summed E-state index contributed by atoms with van der Waals surface area (Å²) in [6.45, 7) is 3.86. The second-order valence-electron chi connectivity index (χ2n) is 4.37. The maximum absolute atomic E-state index is 6.24. The maximum Gasteiger partial charge on any atom is 0.147 e. The number of pyridine rings is 1. The van der Waals surface area contributed by atoms with Crippen LogP contribution in [0.4, 0.5) is 0 Å². The van der Waals surface area contributed by atoms with Gasteiger partial charge in [0.2, 0.25) is 0 Å². The minimum absolute atomic E-state index is 0.536. The smallest absolute Gasteiger partial charge is 0.147 e. The fourth-order valence-electron chi connectivity index (χ4n) is 1.72. The van der Waals surface area contributed by atoms with Gasteiger partial charge in [0.25, 0.3) is 0 Å². The summed E-state index contributed by atoms with van der Waals surface area (Å²) >= 11 is 12.1. The largest absolute Gasteiger partial charge is 0.456 e. The zero-order chi connectivity index (χ0) is 14.4. The number of nitrogens with one attached hydrogen (secondary N) is 1. The number of aromatic nitrogens is 1. The van der Waals surface area contributed by atoms with Gasteiger partial charge in [-0.15, -0.1) is 0 Å². The van der Waals surface area contributed by atoms with Crippen LogP contribution < -0.4 is 10.1 Å². The van der Waals surface area contributed by atoms with Crippen LogP contribution in [0.15, 0.2) is 36.7 Å². The van der Waals surface area contributed by atoms with Gasteiger partial charge in [-0.2, -0.15) is 0 Å². The minimum Gasteiger partial charge on any atom is -0.456 e. The number of hydrogen-bond acceptors (Lipinski definition) is 3. The molecule has 5 heteroatoms. The van der Waals surface area contributed by atoms with Crippen molar-refractivity contribution in [1.82, 2.24) is 10.3 Å². The van der Waals surface area contributed by atoms with E-state index in [0.29, 0.717) is 21.5 Å². The molecule has 0 unspecified atom stereocenters. The molecule has 0 aliphatic heterocycles. The molecule has 2 rings (SSSR count). The Hall–Kier alpha value is -1.29. The third-order valence-electron chi connectivity index (χ3n) is 2.68. The summed E-state index contributed by atoms with van der Waals surface area (Å²) in [5.41, 5.74) is 1.05. The predicted molar refractivity (Wildman–Crippen MR) is 82.8 cm³/mol. The maximum atomic E-state index is 6.24. The Morgan fingerprint density at radius 1 is 1.15 bits per heavy atom. The molecule has 0 spiro atoms. The molecule has 0 bridgehead atoms. The lowest BCUT2D eigenvalue weighted by atomic mass is 10.2. The zero-order valence-electron chi connectivity index (χ0n) is 11.2. The summed E-state index contributed by atoms with van der Waals surface area (Å²) in [5.74, 6) is 1.25. The lowest BCUT2D eigenvalue weighted by Crippen LogP contribution is -2.13. The normalized spacial score (nSPS) is 10.6. The van der Waals surface area contributed by atoms with Crippen molar-refractivity contribution in [3.05, 3.63) is 52.3 Å². The van der Waals surface area contributed by atoms with E-state index in [9.17, 15) is 0 Å². The Bertz CT molecular complexity index is 576. The van der Waals surface area contributed by atoms with Gasteiger partial charge in [-0.3, -0.25) is 4.98 Å². The highest BCUT2D eigenvalue weighted by Crippen LogP contribution is 2.27. The summed E-state index contributed by atoms with van der Waals surface area (Å²) in [4.78, 5) is 3.97. The van der Waals surface area contributed by atoms with Gasteiger partial charge < -0.3 is 10.1 Å². The highest BCUT2D eigenvalue weighted by Gasteiger charge is 2.04. The molecule has 1 aromatic carbocycles. The van der Waals surface area contributed by atoms with Gasteiger partial charge in [0.1, 0.15) is 11.5 Å². The molecule has 2 aromatic rings. The first-order valence-corrected chi connectivity index (χ1v) is 7.22. The molecule has 0 aliphatic carbocycles. The van der Waals surface area contributed by atoms with Crippen LogP contribution in [0.5, 0.6) is 11.5 Å². The second-order valence-corrected chi connectivity index (χ2v) is 5.21. The van der Waals surface area contributed by atoms with Crippen LogP contribution in [-0.4, -0.2) is 11.5 Å². The summed E-state index contributed by atoms with van der Waals surface area (Å²) in [5, 5.41) is 4.53. The SMILES string of the molecule is CCCNCc1ccc(Oc2cncc(Cl)c2)cc1Cl. The van der Waals surface area contributed by atoms with Gasteiger partial charge in [-0.25, -0.2) is 0 Å². The lowest BCUT2D eigenvalue weighted by Gasteiger charge is -2.09. The van der Waals surface area contributed by atoms with Crippen LogP contribution >= 0.6 is 23.2 Å². The van der Waals surface area contributed by atoms with E-state index in [-0.39, 0.29) is 0 Å². The molecule has 1 N–H and O–H groups in total. The first kappa shape index (κ1) is 15.1. The summed E-state index contributed by atoms with van der Waals surface area (Å²) < 4.78 is 5.67. The van der Waals surface area contributed by atoms with E-state index in [2.05, 4.69) is 17.2 Å². The minimum atomic E-state index is 0.536. The Kier molecular flexibility index (Phi) is 5.65. The van der Waals surface area contributed by atoms with E-state index < -0.39 is 0 Å². The Morgan fingerprint density at radius 2 is 2.00 bits per heavy atom. The van der Waals surface area contributed by atoms with Gasteiger partial charge >= 0.3 is 0 Å². The summed E-state index contributed by atoms with van der Waals surface area (Å²) in [6.07, 6.45) is 4.26. The number of hydrogen-bond donors (Lipinski definition) is 1. The Balaban J connectivity index is 2.05. The highest BCUT2D eigenvalue weighted by atomic mass is 35.5. The molecular weight excluding hydrogens is 295 g/mol. The second kappa shape index (κ2) is 7.48. The van der Waals surface area contributed by atoms with Crippen molar-refractivity contribution in [1.29, 1.82) is 0 Å². The standard InChI is InChI=1S/C15H16Cl2N2O/c1-2-5-18-8-11-3-4-13(7-15(11)17)20-14-6-12(16)9-19-10-14/h3-4,6-7,9-10,18H,2,5,8H2,1H3. The number of rotatable bonds is 6. The number of ether oxygens (including phenoxy) is 1. The van der Waals surface area contributed by atoms with Crippen molar-refractivity contribution in [2.45, 2.75) is 19.9 Å². The molecule has 0 fully saturated rings. The number of halogens is 2. The Morgan fingerprint density at radius 3 is 2.70 bits per heavy atom. The van der Waals surface area contributed by atoms with E-state index in [0.717, 1.165) is 25.1 Å². The van der Waals surface area contributed by atoms with E-state index in [1.165, 1.54) is 0 Å². The molecule has 0 saturated carbocycles. The molecule has 20 heavy (non-hydrogen) atoms. The average molecular weight is 311 g/mol. The van der Waals surface area contributed by atoms with E-state index in [1.54, 1.807) is 24.5 Å². The van der Waals surface area contributed by atoms with Crippen LogP contribution in [0.2, 0.25) is 10.0 Å². The molecular formula is C15H16Cl2N2O. The van der Waals surface area contributed by atoms with Gasteiger partial charge in [0.05, 0.1) is 11.2 Å². The average Bonchev–Trinajstić information content (AvgIpc) is 2.41. The highest BCUT2D eigenvalue weighted by molar-refractivity contribution is 6.31. The van der Waals surface area contributed by atoms with Crippen molar-refractivity contribution in [2.75, 3.05) is 6.54 Å². The fourth-order valence-corrected chi connectivity index (χ4v) is 2.12. The van der Waals surface area contributed by atoms with Gasteiger partial charge in [-0.05, 0) is 30.7 Å². The third kappa shape index (κ3) is 4.37. The lowest BCUT2D eigenvalue weighted by molar-refractivity contribution is 0.480. The summed E-state index contributed by atoms with van der Waals surface area (Å²) in [7, 11) is 0. The molecule has 0 amide bonds. The molecule has 0 atom stereocenters. The number of benzene rings is 1. The first-order chi connectivity index (χ1) is 9.69. The third-order valence-corrected chi connectivity index (χ3v) is 3.24. The fraction of sp³-hybridized carbons (Fsp3) is 0.267. The first-order valence-electron chi connectivity index (χ1n) is 6.46. The van der Waals surface area contributed by atoms with Crippen molar-refractivity contribution < 1.29 is 4.74 Å². The monoisotopic (exact) mass is 310 g/mol. The van der Waals surface area contributed by atoms with Gasteiger partial charge in [0.15, 0.2) is 0 Å². The zero-order valence-corrected chi connectivity index (χ0v) is 12.7. The summed E-state index contributed by atoms with van der Waals surface area (Å²) in [6, 6.07) is 7.35.